The molecule has 1 aromatic heterocycles. The Hall–Kier alpha value is -1.83. The number of hydrogen-bond acceptors (Lipinski definition) is 5. The van der Waals surface area contributed by atoms with Gasteiger partial charge in [0.1, 0.15) is 5.75 Å². The van der Waals surface area contributed by atoms with Crippen molar-refractivity contribution < 1.29 is 17.6 Å². The van der Waals surface area contributed by atoms with Crippen molar-refractivity contribution in [1.29, 1.82) is 0 Å². The van der Waals surface area contributed by atoms with Crippen LogP contribution in [0.5, 0.6) is 5.75 Å². The van der Waals surface area contributed by atoms with Crippen molar-refractivity contribution in [3.05, 3.63) is 48.2 Å². The van der Waals surface area contributed by atoms with Crippen LogP contribution < -0.4 is 9.46 Å². The Morgan fingerprint density at radius 1 is 1.23 bits per heavy atom. The Balaban J connectivity index is 2.26. The fourth-order valence-corrected chi connectivity index (χ4v) is 3.22. The minimum atomic E-state index is -3.70. The van der Waals surface area contributed by atoms with Crippen LogP contribution in [0.1, 0.15) is 11.6 Å². The molecule has 0 aliphatic carbocycles. The van der Waals surface area contributed by atoms with Gasteiger partial charge >= 0.3 is 0 Å². The predicted octanol–water partition coefficient (Wildman–Crippen LogP) is 1.87. The first-order valence-electron chi connectivity index (χ1n) is 6.77. The first-order chi connectivity index (χ1) is 10.4. The standard InChI is InChI=1S/C15H20N2O4S/c1-17(2)11-14(12-6-8-13(20-3)9-7-12)16-22(18,19)15-5-4-10-21-15/h4-10,14,16H,11H2,1-3H3/t14-/m1/s1. The van der Waals surface area contributed by atoms with E-state index >= 15 is 0 Å². The number of nitrogens with one attached hydrogen (secondary N) is 1. The second-order valence-electron chi connectivity index (χ2n) is 5.14. The molecule has 1 heterocycles. The van der Waals surface area contributed by atoms with Gasteiger partial charge < -0.3 is 14.1 Å². The zero-order valence-electron chi connectivity index (χ0n) is 12.8. The largest absolute Gasteiger partial charge is 0.497 e. The topological polar surface area (TPSA) is 71.8 Å². The summed E-state index contributed by atoms with van der Waals surface area (Å²) in [6.07, 6.45) is 1.34. The number of benzene rings is 1. The summed E-state index contributed by atoms with van der Waals surface area (Å²) >= 11 is 0. The molecule has 0 radical (unpaired) electrons. The molecular weight excluding hydrogens is 304 g/mol. The molecule has 6 nitrogen and oxygen atoms in total. The quantitative estimate of drug-likeness (QED) is 0.842. The van der Waals surface area contributed by atoms with Crippen LogP contribution in [-0.2, 0) is 10.0 Å². The number of furan rings is 1. The van der Waals surface area contributed by atoms with Gasteiger partial charge in [0.15, 0.2) is 0 Å². The summed E-state index contributed by atoms with van der Waals surface area (Å²) in [4.78, 5) is 1.92. The lowest BCUT2D eigenvalue weighted by molar-refractivity contribution is 0.359. The van der Waals surface area contributed by atoms with E-state index in [0.29, 0.717) is 6.54 Å². The van der Waals surface area contributed by atoms with Gasteiger partial charge in [0.2, 0.25) is 5.09 Å². The van der Waals surface area contributed by atoms with Crippen LogP contribution in [0.15, 0.2) is 52.2 Å². The molecule has 0 amide bonds. The van der Waals surface area contributed by atoms with Crippen molar-refractivity contribution in [3.8, 4) is 5.75 Å². The van der Waals surface area contributed by atoms with Gasteiger partial charge in [-0.1, -0.05) is 12.1 Å². The summed E-state index contributed by atoms with van der Waals surface area (Å²) in [5.74, 6) is 0.723. The van der Waals surface area contributed by atoms with E-state index in [1.807, 2.05) is 31.1 Å². The van der Waals surface area contributed by atoms with Crippen molar-refractivity contribution in [2.75, 3.05) is 27.7 Å². The Morgan fingerprint density at radius 3 is 2.41 bits per heavy atom. The van der Waals surface area contributed by atoms with E-state index in [1.54, 1.807) is 25.3 Å². The Bertz CT molecular complexity index is 679. The second-order valence-corrected chi connectivity index (χ2v) is 6.79. The van der Waals surface area contributed by atoms with E-state index in [4.69, 9.17) is 9.15 Å². The van der Waals surface area contributed by atoms with Crippen LogP contribution in [0.4, 0.5) is 0 Å². The molecule has 0 spiro atoms. The molecular formula is C15H20N2O4S. The minimum Gasteiger partial charge on any atom is -0.497 e. The highest BCUT2D eigenvalue weighted by Crippen LogP contribution is 2.21. The first kappa shape index (κ1) is 16.5. The van der Waals surface area contributed by atoms with E-state index in [9.17, 15) is 8.42 Å². The normalized spacial score (nSPS) is 13.3. The summed E-state index contributed by atoms with van der Waals surface area (Å²) in [7, 11) is 1.66. The fourth-order valence-electron chi connectivity index (χ4n) is 2.07. The molecule has 0 bridgehead atoms. The highest BCUT2D eigenvalue weighted by atomic mass is 32.2. The molecule has 0 saturated carbocycles. The number of nitrogens with zero attached hydrogens (tertiary/aromatic N) is 1. The first-order valence-corrected chi connectivity index (χ1v) is 8.25. The maximum atomic E-state index is 12.3. The molecule has 1 N–H and O–H groups in total. The smallest absolute Gasteiger partial charge is 0.274 e. The molecule has 22 heavy (non-hydrogen) atoms. The molecule has 0 aliphatic heterocycles. The number of hydrogen-bond donors (Lipinski definition) is 1. The summed E-state index contributed by atoms with van der Waals surface area (Å²) in [5.41, 5.74) is 0.852. The molecule has 120 valence electrons. The van der Waals surface area contributed by atoms with Crippen molar-refractivity contribution >= 4 is 10.0 Å². The van der Waals surface area contributed by atoms with Crippen LogP contribution in [0.25, 0.3) is 0 Å². The second kappa shape index (κ2) is 6.95. The minimum absolute atomic E-state index is 0.0928. The van der Waals surface area contributed by atoms with Crippen molar-refractivity contribution in [2.45, 2.75) is 11.1 Å². The summed E-state index contributed by atoms with van der Waals surface area (Å²) in [5, 5.41) is -0.0928. The summed E-state index contributed by atoms with van der Waals surface area (Å²) in [6, 6.07) is 9.87. The van der Waals surface area contributed by atoms with Gasteiger partial charge in [0, 0.05) is 6.54 Å². The van der Waals surface area contributed by atoms with Crippen molar-refractivity contribution in [2.24, 2.45) is 0 Å². The third kappa shape index (κ3) is 4.09. The lowest BCUT2D eigenvalue weighted by atomic mass is 10.1. The Morgan fingerprint density at radius 2 is 1.91 bits per heavy atom. The van der Waals surface area contributed by atoms with Gasteiger partial charge in [-0.2, -0.15) is 4.72 Å². The maximum Gasteiger partial charge on any atom is 0.274 e. The average molecular weight is 324 g/mol. The molecule has 0 unspecified atom stereocenters. The average Bonchev–Trinajstić information content (AvgIpc) is 3.01. The number of ether oxygens (including phenoxy) is 1. The molecule has 0 aliphatic rings. The van der Waals surface area contributed by atoms with E-state index in [1.165, 1.54) is 12.3 Å². The monoisotopic (exact) mass is 324 g/mol. The highest BCUT2D eigenvalue weighted by Gasteiger charge is 2.24. The van der Waals surface area contributed by atoms with E-state index in [2.05, 4.69) is 4.72 Å². The maximum absolute atomic E-state index is 12.3. The van der Waals surface area contributed by atoms with Crippen molar-refractivity contribution in [1.82, 2.24) is 9.62 Å². The third-order valence-electron chi connectivity index (χ3n) is 3.12. The molecule has 2 aromatic rings. The zero-order valence-corrected chi connectivity index (χ0v) is 13.6. The van der Waals surface area contributed by atoms with Crippen LogP contribution >= 0.6 is 0 Å². The number of rotatable bonds is 7. The number of sulfonamides is 1. The third-order valence-corrected chi connectivity index (χ3v) is 4.48. The van der Waals surface area contributed by atoms with Gasteiger partial charge in [0.25, 0.3) is 10.0 Å². The number of methoxy groups -OCH3 is 1. The van der Waals surface area contributed by atoms with Crippen molar-refractivity contribution in [3.63, 3.8) is 0 Å². The van der Waals surface area contributed by atoms with Gasteiger partial charge in [-0.3, -0.25) is 0 Å². The van der Waals surface area contributed by atoms with Crippen LogP contribution in [0, 0.1) is 0 Å². The van der Waals surface area contributed by atoms with Gasteiger partial charge in [0.05, 0.1) is 19.4 Å². The highest BCUT2D eigenvalue weighted by molar-refractivity contribution is 7.89. The predicted molar refractivity (Wildman–Crippen MR) is 83.3 cm³/mol. The molecule has 2 rings (SSSR count). The van der Waals surface area contributed by atoms with E-state index in [-0.39, 0.29) is 5.09 Å². The molecule has 7 heteroatoms. The van der Waals surface area contributed by atoms with Gasteiger partial charge in [-0.05, 0) is 43.9 Å². The van der Waals surface area contributed by atoms with Gasteiger partial charge in [-0.25, -0.2) is 8.42 Å². The Kier molecular flexibility index (Phi) is 5.23. The van der Waals surface area contributed by atoms with E-state index in [0.717, 1.165) is 11.3 Å². The molecule has 0 saturated heterocycles. The SMILES string of the molecule is COc1ccc([C@@H](CN(C)C)NS(=O)(=O)c2ccco2)cc1. The lowest BCUT2D eigenvalue weighted by Gasteiger charge is -2.22. The van der Waals surface area contributed by atoms with Crippen LogP contribution in [-0.4, -0.2) is 41.1 Å². The molecule has 1 aromatic carbocycles. The fraction of sp³-hybridized carbons (Fsp3) is 0.333. The molecule has 1 atom stereocenters. The molecule has 0 fully saturated rings. The number of likely N-dealkylation sites (N-methyl/N-ethyl adjacent to an activating group) is 1. The Labute approximate surface area is 130 Å². The van der Waals surface area contributed by atoms with Crippen LogP contribution in [0.2, 0.25) is 0 Å². The van der Waals surface area contributed by atoms with Crippen LogP contribution in [0.3, 0.4) is 0 Å². The summed E-state index contributed by atoms with van der Waals surface area (Å²) < 4.78 is 37.5. The van der Waals surface area contributed by atoms with Gasteiger partial charge in [-0.15, -0.1) is 0 Å². The van der Waals surface area contributed by atoms with E-state index < -0.39 is 16.1 Å². The summed E-state index contributed by atoms with van der Waals surface area (Å²) in [6.45, 7) is 0.520. The lowest BCUT2D eigenvalue weighted by Crippen LogP contribution is -2.35. The zero-order chi connectivity index (χ0) is 16.2.